The lowest BCUT2D eigenvalue weighted by molar-refractivity contribution is -0.0588. The minimum absolute atomic E-state index is 0.0508. The smallest absolute Gasteiger partial charge is 0.433 e. The number of nitrogens with zero attached hydrogens (tertiary/aromatic N) is 2. The number of aryl methyl sites for hydroxylation is 1. The maximum atomic E-state index is 12.9. The zero-order chi connectivity index (χ0) is 22.6. The molecule has 0 saturated heterocycles. The monoisotopic (exact) mass is 435 g/mol. The molecule has 0 aliphatic heterocycles. The molecule has 3 N–H and O–H groups in total. The number of phenols is 1. The molecule has 1 heterocycles. The Morgan fingerprint density at radius 3 is 2.68 bits per heavy atom. The Labute approximate surface area is 177 Å². The van der Waals surface area contributed by atoms with E-state index in [1.165, 1.54) is 6.07 Å². The molecule has 1 aromatic heterocycles. The molecule has 3 rings (SSSR count). The van der Waals surface area contributed by atoms with Gasteiger partial charge in [-0.2, -0.15) is 13.2 Å². The first kappa shape index (κ1) is 22.6. The summed E-state index contributed by atoms with van der Waals surface area (Å²) in [5.41, 5.74) is 0.646. The molecule has 0 saturated carbocycles. The van der Waals surface area contributed by atoms with Crippen LogP contribution in [-0.4, -0.2) is 38.3 Å². The van der Waals surface area contributed by atoms with Crippen molar-refractivity contribution in [2.24, 2.45) is 0 Å². The van der Waals surface area contributed by atoms with Crippen molar-refractivity contribution in [3.8, 4) is 11.5 Å². The van der Waals surface area contributed by atoms with Crippen molar-refractivity contribution in [2.75, 3.05) is 6.61 Å². The normalized spacial score (nSPS) is 11.8. The Morgan fingerprint density at radius 1 is 1.23 bits per heavy atom. The first-order valence-corrected chi connectivity index (χ1v) is 9.94. The standard InChI is InChI=1S/C22H24F3N3O3/c1-2-4-15-19(8-6-16(20(15)30)21(26)22(23,24)25)31-10-3-9-28-13-27-17-11-14(12-29)5-7-18(17)28/h5-8,11,13,26,29-30H,2-4,9-10,12H2,1H3. The van der Waals surface area contributed by atoms with Crippen LogP contribution in [0.1, 0.15) is 36.5 Å². The molecule has 9 heteroatoms. The van der Waals surface area contributed by atoms with Crippen LogP contribution in [-0.2, 0) is 19.6 Å². The molecule has 0 aliphatic rings. The van der Waals surface area contributed by atoms with Crippen LogP contribution in [0.15, 0.2) is 36.7 Å². The Morgan fingerprint density at radius 2 is 2.00 bits per heavy atom. The lowest BCUT2D eigenvalue weighted by Crippen LogP contribution is -2.23. The highest BCUT2D eigenvalue weighted by Crippen LogP contribution is 2.36. The van der Waals surface area contributed by atoms with E-state index >= 15 is 0 Å². The van der Waals surface area contributed by atoms with Gasteiger partial charge in [-0.25, -0.2) is 4.98 Å². The molecule has 0 atom stereocenters. The molecular weight excluding hydrogens is 411 g/mol. The molecule has 0 spiro atoms. The van der Waals surface area contributed by atoms with Gasteiger partial charge in [0.1, 0.15) is 17.2 Å². The van der Waals surface area contributed by atoms with Crippen LogP contribution in [0.4, 0.5) is 13.2 Å². The Bertz CT molecular complexity index is 1080. The van der Waals surface area contributed by atoms with E-state index in [9.17, 15) is 23.4 Å². The molecule has 0 fully saturated rings. The summed E-state index contributed by atoms with van der Waals surface area (Å²) in [5.74, 6) is -0.233. The fourth-order valence-corrected chi connectivity index (χ4v) is 3.40. The zero-order valence-electron chi connectivity index (χ0n) is 17.0. The molecule has 0 amide bonds. The van der Waals surface area contributed by atoms with Gasteiger partial charge in [-0.15, -0.1) is 0 Å². The molecule has 3 aromatic rings. The van der Waals surface area contributed by atoms with E-state index in [4.69, 9.17) is 10.1 Å². The maximum Gasteiger partial charge on any atom is 0.433 e. The molecule has 31 heavy (non-hydrogen) atoms. The lowest BCUT2D eigenvalue weighted by Gasteiger charge is -2.17. The van der Waals surface area contributed by atoms with Crippen molar-refractivity contribution in [3.63, 3.8) is 0 Å². The van der Waals surface area contributed by atoms with Crippen molar-refractivity contribution in [1.29, 1.82) is 5.41 Å². The Hall–Kier alpha value is -3.07. The fourth-order valence-electron chi connectivity index (χ4n) is 3.40. The van der Waals surface area contributed by atoms with E-state index in [1.54, 1.807) is 6.33 Å². The molecule has 0 unspecified atom stereocenters. The van der Waals surface area contributed by atoms with E-state index in [1.807, 2.05) is 29.7 Å². The van der Waals surface area contributed by atoms with Crippen LogP contribution in [0, 0.1) is 5.41 Å². The number of phenolic OH excluding ortho intramolecular Hbond substituents is 1. The largest absolute Gasteiger partial charge is 0.507 e. The fraction of sp³-hybridized carbons (Fsp3) is 0.364. The number of fused-ring (bicyclic) bond motifs is 1. The maximum absolute atomic E-state index is 12.9. The van der Waals surface area contributed by atoms with Crippen LogP contribution < -0.4 is 4.74 Å². The second kappa shape index (κ2) is 9.38. The van der Waals surface area contributed by atoms with Crippen LogP contribution in [0.2, 0.25) is 0 Å². The van der Waals surface area contributed by atoms with Crippen LogP contribution in [0.5, 0.6) is 11.5 Å². The number of hydrogen-bond donors (Lipinski definition) is 3. The molecule has 0 bridgehead atoms. The van der Waals surface area contributed by atoms with Crippen molar-refractivity contribution < 1.29 is 28.1 Å². The Balaban J connectivity index is 1.69. The number of hydrogen-bond acceptors (Lipinski definition) is 5. The predicted octanol–water partition coefficient (Wildman–Crippen LogP) is 4.59. The van der Waals surface area contributed by atoms with Gasteiger partial charge in [-0.3, -0.25) is 5.41 Å². The number of aromatic nitrogens is 2. The highest BCUT2D eigenvalue weighted by atomic mass is 19.4. The first-order valence-electron chi connectivity index (χ1n) is 9.94. The summed E-state index contributed by atoms with van der Waals surface area (Å²) in [6, 6.07) is 7.99. The van der Waals surface area contributed by atoms with Gasteiger partial charge in [0.25, 0.3) is 0 Å². The summed E-state index contributed by atoms with van der Waals surface area (Å²) in [5, 5.41) is 26.9. The summed E-state index contributed by atoms with van der Waals surface area (Å²) in [7, 11) is 0. The van der Waals surface area contributed by atoms with Gasteiger partial charge in [0.2, 0.25) is 0 Å². The van der Waals surface area contributed by atoms with E-state index < -0.39 is 23.2 Å². The second-order valence-corrected chi connectivity index (χ2v) is 7.18. The lowest BCUT2D eigenvalue weighted by atomic mass is 10.00. The molecule has 0 radical (unpaired) electrons. The van der Waals surface area contributed by atoms with Gasteiger partial charge in [-0.1, -0.05) is 19.4 Å². The third-order valence-electron chi connectivity index (χ3n) is 4.96. The van der Waals surface area contributed by atoms with Crippen LogP contribution in [0.25, 0.3) is 11.0 Å². The number of nitrogens with one attached hydrogen (secondary N) is 1. The van der Waals surface area contributed by atoms with Gasteiger partial charge in [0, 0.05) is 17.7 Å². The number of alkyl halides is 3. The van der Waals surface area contributed by atoms with Gasteiger partial charge in [-0.05, 0) is 42.7 Å². The van der Waals surface area contributed by atoms with Crippen LogP contribution in [0.3, 0.4) is 0 Å². The molecule has 2 aromatic carbocycles. The number of benzene rings is 2. The molecular formula is C22H24F3N3O3. The highest BCUT2D eigenvalue weighted by Gasteiger charge is 2.37. The van der Waals surface area contributed by atoms with Gasteiger partial charge < -0.3 is 19.5 Å². The zero-order valence-corrected chi connectivity index (χ0v) is 17.0. The number of rotatable bonds is 9. The molecule has 166 valence electrons. The third-order valence-corrected chi connectivity index (χ3v) is 4.96. The SMILES string of the molecule is CCCc1c(OCCCn2cnc3cc(CO)ccc32)ccc(C(=N)C(F)(F)F)c1O. The second-order valence-electron chi connectivity index (χ2n) is 7.18. The van der Waals surface area contributed by atoms with E-state index in [2.05, 4.69) is 4.98 Å². The number of ether oxygens (including phenoxy) is 1. The summed E-state index contributed by atoms with van der Waals surface area (Å²) < 4.78 is 46.4. The first-order chi connectivity index (χ1) is 14.8. The Kier molecular flexibility index (Phi) is 6.84. The summed E-state index contributed by atoms with van der Waals surface area (Å²) >= 11 is 0. The molecule has 0 aliphatic carbocycles. The number of imidazole rings is 1. The summed E-state index contributed by atoms with van der Waals surface area (Å²) in [6.45, 7) is 2.70. The number of aromatic hydroxyl groups is 1. The molecule has 6 nitrogen and oxygen atoms in total. The van der Waals surface area contributed by atoms with Crippen LogP contribution >= 0.6 is 0 Å². The van der Waals surface area contributed by atoms with Crippen molar-refractivity contribution in [1.82, 2.24) is 9.55 Å². The average Bonchev–Trinajstić information content (AvgIpc) is 3.14. The van der Waals surface area contributed by atoms with Gasteiger partial charge in [0.15, 0.2) is 0 Å². The number of aliphatic hydroxyl groups is 1. The van der Waals surface area contributed by atoms with E-state index in [-0.39, 0.29) is 12.2 Å². The van der Waals surface area contributed by atoms with E-state index in [0.29, 0.717) is 38.2 Å². The minimum Gasteiger partial charge on any atom is -0.507 e. The summed E-state index contributed by atoms with van der Waals surface area (Å²) in [4.78, 5) is 4.33. The van der Waals surface area contributed by atoms with Crippen molar-refractivity contribution >= 4 is 16.7 Å². The predicted molar refractivity (Wildman–Crippen MR) is 111 cm³/mol. The van der Waals surface area contributed by atoms with Crippen molar-refractivity contribution in [2.45, 2.75) is 45.5 Å². The minimum atomic E-state index is -4.84. The van der Waals surface area contributed by atoms with Crippen molar-refractivity contribution in [3.05, 3.63) is 53.3 Å². The quantitative estimate of drug-likeness (QED) is 0.339. The average molecular weight is 435 g/mol. The van der Waals surface area contributed by atoms with E-state index in [0.717, 1.165) is 22.7 Å². The highest BCUT2D eigenvalue weighted by molar-refractivity contribution is 6.04. The summed E-state index contributed by atoms with van der Waals surface area (Å²) in [6.07, 6.45) is -1.59. The third kappa shape index (κ3) is 4.99. The number of halogens is 3. The number of aliphatic hydroxyl groups excluding tert-OH is 1. The van der Waals surface area contributed by atoms with Gasteiger partial charge in [0.05, 0.1) is 30.6 Å². The topological polar surface area (TPSA) is 91.4 Å². The van der Waals surface area contributed by atoms with Gasteiger partial charge >= 0.3 is 6.18 Å².